The standard InChI is InChI=1S/C14H18O/c1-5-12(6-2)11(3)13-7-9-14(15-4)10-8-13/h5,7-10H,3,6H2,1-2,4H3. The normalized spacial score (nSPS) is 11.3. The Balaban J connectivity index is 2.92. The quantitative estimate of drug-likeness (QED) is 0.669. The molecule has 15 heavy (non-hydrogen) atoms. The Bertz CT molecular complexity index is 357. The van der Waals surface area contributed by atoms with Gasteiger partial charge in [0.25, 0.3) is 0 Å². The molecule has 0 N–H and O–H groups in total. The van der Waals surface area contributed by atoms with Crippen molar-refractivity contribution in [3.05, 3.63) is 48.1 Å². The Morgan fingerprint density at radius 3 is 2.33 bits per heavy atom. The lowest BCUT2D eigenvalue weighted by Gasteiger charge is -2.09. The molecule has 0 aliphatic rings. The molecule has 0 saturated heterocycles. The highest BCUT2D eigenvalue weighted by Gasteiger charge is 2.02. The van der Waals surface area contributed by atoms with E-state index in [4.69, 9.17) is 4.74 Å². The molecule has 0 unspecified atom stereocenters. The first-order chi connectivity index (χ1) is 7.22. The Labute approximate surface area is 92.1 Å². The molecule has 0 aromatic heterocycles. The monoisotopic (exact) mass is 202 g/mol. The van der Waals surface area contributed by atoms with Crippen LogP contribution in [0.2, 0.25) is 0 Å². The van der Waals surface area contributed by atoms with Crippen LogP contribution in [-0.2, 0) is 0 Å². The topological polar surface area (TPSA) is 9.23 Å². The number of ether oxygens (including phenoxy) is 1. The van der Waals surface area contributed by atoms with Gasteiger partial charge in [0.05, 0.1) is 7.11 Å². The van der Waals surface area contributed by atoms with Crippen molar-refractivity contribution in [1.82, 2.24) is 0 Å². The number of hydrogen-bond acceptors (Lipinski definition) is 1. The molecule has 0 fully saturated rings. The molecule has 0 saturated carbocycles. The summed E-state index contributed by atoms with van der Waals surface area (Å²) in [7, 11) is 1.67. The van der Waals surface area contributed by atoms with Crippen LogP contribution in [0.4, 0.5) is 0 Å². The second-order valence-corrected chi connectivity index (χ2v) is 3.37. The van der Waals surface area contributed by atoms with Crippen molar-refractivity contribution in [3.63, 3.8) is 0 Å². The van der Waals surface area contributed by atoms with E-state index in [2.05, 4.69) is 19.6 Å². The predicted molar refractivity (Wildman–Crippen MR) is 66.1 cm³/mol. The first-order valence-electron chi connectivity index (χ1n) is 5.21. The highest BCUT2D eigenvalue weighted by atomic mass is 16.5. The summed E-state index contributed by atoms with van der Waals surface area (Å²) in [4.78, 5) is 0. The summed E-state index contributed by atoms with van der Waals surface area (Å²) in [5.74, 6) is 0.880. The van der Waals surface area contributed by atoms with Crippen LogP contribution in [0, 0.1) is 0 Å². The lowest BCUT2D eigenvalue weighted by molar-refractivity contribution is 0.415. The van der Waals surface area contributed by atoms with Gasteiger partial charge in [-0.15, -0.1) is 0 Å². The van der Waals surface area contributed by atoms with E-state index in [0.717, 1.165) is 23.3 Å². The zero-order valence-corrected chi connectivity index (χ0v) is 9.71. The molecule has 1 rings (SSSR count). The fourth-order valence-corrected chi connectivity index (χ4v) is 1.57. The van der Waals surface area contributed by atoms with Gasteiger partial charge in [0.15, 0.2) is 0 Å². The SMILES string of the molecule is C=C(C(=CC)CC)c1ccc(OC)cc1. The molecule has 80 valence electrons. The minimum atomic E-state index is 0.880. The van der Waals surface area contributed by atoms with Gasteiger partial charge in [0, 0.05) is 0 Å². The van der Waals surface area contributed by atoms with Gasteiger partial charge >= 0.3 is 0 Å². The van der Waals surface area contributed by atoms with Crippen molar-refractivity contribution in [3.8, 4) is 5.75 Å². The lowest BCUT2D eigenvalue weighted by atomic mass is 9.97. The summed E-state index contributed by atoms with van der Waals surface area (Å²) in [6.45, 7) is 8.31. The molecule has 1 aromatic carbocycles. The third-order valence-corrected chi connectivity index (χ3v) is 2.56. The number of hydrogen-bond donors (Lipinski definition) is 0. The van der Waals surface area contributed by atoms with Gasteiger partial charge in [0.1, 0.15) is 5.75 Å². The Hall–Kier alpha value is -1.50. The molecular formula is C14H18O. The van der Waals surface area contributed by atoms with Crippen molar-refractivity contribution in [2.75, 3.05) is 7.11 Å². The van der Waals surface area contributed by atoms with Crippen LogP contribution in [-0.4, -0.2) is 7.11 Å². The molecule has 0 spiro atoms. The summed E-state index contributed by atoms with van der Waals surface area (Å²) in [5.41, 5.74) is 3.55. The van der Waals surface area contributed by atoms with Gasteiger partial charge in [-0.1, -0.05) is 31.7 Å². The van der Waals surface area contributed by atoms with Gasteiger partial charge < -0.3 is 4.74 Å². The van der Waals surface area contributed by atoms with Crippen molar-refractivity contribution in [2.45, 2.75) is 20.3 Å². The number of rotatable bonds is 4. The minimum Gasteiger partial charge on any atom is -0.497 e. The van der Waals surface area contributed by atoms with E-state index in [9.17, 15) is 0 Å². The Morgan fingerprint density at radius 2 is 1.93 bits per heavy atom. The predicted octanol–water partition coefficient (Wildman–Crippen LogP) is 4.06. The molecule has 1 heteroatoms. The molecule has 0 radical (unpaired) electrons. The zero-order valence-electron chi connectivity index (χ0n) is 9.71. The van der Waals surface area contributed by atoms with Crippen LogP contribution in [0.1, 0.15) is 25.8 Å². The second-order valence-electron chi connectivity index (χ2n) is 3.37. The summed E-state index contributed by atoms with van der Waals surface area (Å²) in [6, 6.07) is 8.01. The molecule has 0 aliphatic heterocycles. The van der Waals surface area contributed by atoms with Crippen LogP contribution in [0.5, 0.6) is 5.75 Å². The molecule has 0 amide bonds. The van der Waals surface area contributed by atoms with E-state index in [1.165, 1.54) is 5.57 Å². The fourth-order valence-electron chi connectivity index (χ4n) is 1.57. The van der Waals surface area contributed by atoms with Crippen LogP contribution in [0.25, 0.3) is 5.57 Å². The number of benzene rings is 1. The lowest BCUT2D eigenvalue weighted by Crippen LogP contribution is -1.88. The van der Waals surface area contributed by atoms with Gasteiger partial charge in [-0.3, -0.25) is 0 Å². The molecule has 0 bridgehead atoms. The summed E-state index contributed by atoms with van der Waals surface area (Å²) in [6.07, 6.45) is 3.13. The molecule has 0 atom stereocenters. The van der Waals surface area contributed by atoms with E-state index in [1.807, 2.05) is 31.2 Å². The maximum absolute atomic E-state index is 5.12. The van der Waals surface area contributed by atoms with Crippen molar-refractivity contribution in [1.29, 1.82) is 0 Å². The summed E-state index contributed by atoms with van der Waals surface area (Å²) < 4.78 is 5.12. The molecular weight excluding hydrogens is 184 g/mol. The van der Waals surface area contributed by atoms with Gasteiger partial charge in [-0.25, -0.2) is 0 Å². The van der Waals surface area contributed by atoms with Crippen LogP contribution >= 0.6 is 0 Å². The maximum Gasteiger partial charge on any atom is 0.118 e. The largest absolute Gasteiger partial charge is 0.497 e. The van der Waals surface area contributed by atoms with Gasteiger partial charge in [-0.05, 0) is 42.2 Å². The summed E-state index contributed by atoms with van der Waals surface area (Å²) >= 11 is 0. The van der Waals surface area contributed by atoms with E-state index in [1.54, 1.807) is 7.11 Å². The van der Waals surface area contributed by atoms with Crippen LogP contribution in [0.15, 0.2) is 42.5 Å². The Kier molecular flexibility index (Phi) is 4.17. The first kappa shape index (κ1) is 11.6. The van der Waals surface area contributed by atoms with Gasteiger partial charge in [0.2, 0.25) is 0 Å². The van der Waals surface area contributed by atoms with E-state index >= 15 is 0 Å². The molecule has 0 heterocycles. The zero-order chi connectivity index (χ0) is 11.3. The van der Waals surface area contributed by atoms with Crippen molar-refractivity contribution < 1.29 is 4.74 Å². The third-order valence-electron chi connectivity index (χ3n) is 2.56. The Morgan fingerprint density at radius 1 is 1.33 bits per heavy atom. The molecule has 1 nitrogen and oxygen atoms in total. The number of methoxy groups -OCH3 is 1. The average Bonchev–Trinajstić information content (AvgIpc) is 2.30. The fraction of sp³-hybridized carbons (Fsp3) is 0.286. The number of allylic oxidation sites excluding steroid dienone is 3. The first-order valence-corrected chi connectivity index (χ1v) is 5.21. The van der Waals surface area contributed by atoms with Crippen molar-refractivity contribution >= 4 is 5.57 Å². The highest BCUT2D eigenvalue weighted by Crippen LogP contribution is 2.24. The smallest absolute Gasteiger partial charge is 0.118 e. The van der Waals surface area contributed by atoms with Gasteiger partial charge in [-0.2, -0.15) is 0 Å². The van der Waals surface area contributed by atoms with Crippen molar-refractivity contribution in [2.24, 2.45) is 0 Å². The highest BCUT2D eigenvalue weighted by molar-refractivity contribution is 5.77. The van der Waals surface area contributed by atoms with E-state index in [-0.39, 0.29) is 0 Å². The average molecular weight is 202 g/mol. The minimum absolute atomic E-state index is 0.880. The second kappa shape index (κ2) is 5.40. The van der Waals surface area contributed by atoms with E-state index in [0.29, 0.717) is 0 Å². The summed E-state index contributed by atoms with van der Waals surface area (Å²) in [5, 5.41) is 0. The molecule has 1 aromatic rings. The molecule has 0 aliphatic carbocycles. The van der Waals surface area contributed by atoms with Crippen LogP contribution in [0.3, 0.4) is 0 Å². The maximum atomic E-state index is 5.12. The van der Waals surface area contributed by atoms with Crippen LogP contribution < -0.4 is 4.74 Å². The van der Waals surface area contributed by atoms with E-state index < -0.39 is 0 Å². The third kappa shape index (κ3) is 2.72.